The van der Waals surface area contributed by atoms with Gasteiger partial charge in [-0.25, -0.2) is 14.4 Å². The average Bonchev–Trinajstić information content (AvgIpc) is 1.47. The number of carboxylic acids is 2. The second kappa shape index (κ2) is 44.4. The first-order valence-corrected chi connectivity index (χ1v) is 38.0. The molecule has 6 aliphatic heterocycles. The van der Waals surface area contributed by atoms with Crippen molar-refractivity contribution in [2.24, 2.45) is 0 Å². The standard InChI is InChI=1S/C68H116N6O31S/c1-4-5-6-7-8-9-10-11-12-13-14-15-17-22-39(81)37(72-48(86)25-18-16-21-26-69-47(85)24-20-19-23-46-49-38(34-106-46)73-66(97)74-49)33-98-62-56(91)55(90)58(45(32-78)100-62)101-63-57(92)61(53(88)43(30-76)99-63)105-68(65(95)96)28-41(83)51(71-36(3)80)60(104-68)54(89)44(31-77)102-67(64(93)94)27-40(82)50(70-35(2)79)59(103-67)52(87)42(84)29-75/h17,22,37-46,49-63,75-78,81-84,87-92H,4-16,18-21,23-34H2,1-3H3,(H,69,85)(H,70,79)(H,71,80)(H,72,86)(H,93,94)(H,95,96)(H2,73,74,97)/b22-17+/t37-,38-,39+,40-,41-,42+,43+,44+,45+,46-,49-,50+,51+,52+,53-,54+,55+,56+,57+,58+,59+,60+,61-,62+,63-,67+,68-/m0/s1. The maximum atomic E-state index is 13.6. The number of nitrogens with one attached hydrogen (secondary N) is 6. The molecule has 0 spiro atoms. The van der Waals surface area contributed by atoms with Crippen molar-refractivity contribution in [3.8, 4) is 0 Å². The predicted molar refractivity (Wildman–Crippen MR) is 369 cm³/mol. The summed E-state index contributed by atoms with van der Waals surface area (Å²) in [6.45, 7) is -0.912. The van der Waals surface area contributed by atoms with Crippen LogP contribution in [-0.4, -0.2) is 332 Å². The van der Waals surface area contributed by atoms with Crippen LogP contribution in [0.1, 0.15) is 162 Å². The van der Waals surface area contributed by atoms with Gasteiger partial charge in [-0.2, -0.15) is 11.8 Å². The fraction of sp³-hybridized carbons (Fsp3) is 0.868. The molecule has 37 nitrogen and oxygen atoms in total. The SMILES string of the molecule is CCCCCCCCCCCCC/C=C/[C@@H](O)[C@H](CO[C@@H]1O[C@H](CO)[C@@H](O[C@@H]2O[C@H](CO)[C@H](O)[C@H](O[C@]3(C(=O)O)C[C@H](O)[C@@H](NC(C)=O)[C@H]([C@H](O)[C@@H](CO)O[C@]4(C(=O)O)C[C@H](O)[C@@H](NC(C)=O)[C@H]([C@H](O)[C@H](O)CO)O4)O3)[C@H]2O)[C@H](O)[C@H]1O)NC(=O)CCCCCNC(=O)CCCC[C@@H]1SC[C@@H]2NC(=O)N[C@@H]21. The van der Waals surface area contributed by atoms with Gasteiger partial charge in [-0.1, -0.05) is 96.1 Å². The van der Waals surface area contributed by atoms with Crippen LogP contribution in [0.15, 0.2) is 12.2 Å². The van der Waals surface area contributed by atoms with Crippen LogP contribution in [-0.2, 0) is 66.7 Å². The van der Waals surface area contributed by atoms with Crippen molar-refractivity contribution in [3.63, 3.8) is 0 Å². The predicted octanol–water partition coefficient (Wildman–Crippen LogP) is -4.52. The van der Waals surface area contributed by atoms with Gasteiger partial charge in [0.1, 0.15) is 85.5 Å². The highest BCUT2D eigenvalue weighted by atomic mass is 32.2. The number of carbonyl (C=O) groups excluding carboxylic acids is 5. The van der Waals surface area contributed by atoms with Crippen molar-refractivity contribution in [1.29, 1.82) is 0 Å². The molecule has 0 unspecified atom stereocenters. The first-order chi connectivity index (χ1) is 50.5. The van der Waals surface area contributed by atoms with E-state index in [0.29, 0.717) is 50.3 Å². The van der Waals surface area contributed by atoms with Crippen LogP contribution in [0.5, 0.6) is 0 Å². The molecule has 0 radical (unpaired) electrons. The number of aliphatic hydroxyl groups excluding tert-OH is 14. The Morgan fingerprint density at radius 3 is 1.80 bits per heavy atom. The van der Waals surface area contributed by atoms with Gasteiger partial charge in [-0.3, -0.25) is 19.2 Å². The summed E-state index contributed by atoms with van der Waals surface area (Å²) >= 11 is 1.82. The summed E-state index contributed by atoms with van der Waals surface area (Å²) in [5.41, 5.74) is 0. The van der Waals surface area contributed by atoms with Crippen LogP contribution in [0.2, 0.25) is 0 Å². The van der Waals surface area contributed by atoms with Crippen molar-refractivity contribution in [2.45, 2.75) is 325 Å². The van der Waals surface area contributed by atoms with E-state index in [1.165, 1.54) is 44.6 Å². The Morgan fingerprint density at radius 1 is 0.642 bits per heavy atom. The van der Waals surface area contributed by atoms with Crippen LogP contribution >= 0.6 is 11.8 Å². The number of hydrogen-bond donors (Lipinski definition) is 22. The van der Waals surface area contributed by atoms with E-state index in [4.69, 9.17) is 37.9 Å². The number of hydrogen-bond acceptors (Lipinski definition) is 30. The van der Waals surface area contributed by atoms with Gasteiger partial charge in [0.25, 0.3) is 11.6 Å². The van der Waals surface area contributed by atoms with Gasteiger partial charge in [0.2, 0.25) is 23.6 Å². The number of rotatable bonds is 47. The fourth-order valence-corrected chi connectivity index (χ4v) is 15.6. The number of carboxylic acid groups (broad SMARTS) is 2. The Hall–Kier alpha value is -4.70. The first kappa shape index (κ1) is 90.2. The van der Waals surface area contributed by atoms with Gasteiger partial charge in [-0.15, -0.1) is 0 Å². The molecule has 0 aromatic heterocycles. The van der Waals surface area contributed by atoms with E-state index in [2.05, 4.69) is 38.8 Å². The molecule has 106 heavy (non-hydrogen) atoms. The minimum Gasteiger partial charge on any atom is -0.477 e. The Labute approximate surface area is 619 Å². The fourth-order valence-electron chi connectivity index (χ4n) is 14.1. The molecule has 0 aliphatic carbocycles. The van der Waals surface area contributed by atoms with Crippen LogP contribution in [0, 0.1) is 0 Å². The molecule has 6 rings (SSSR count). The van der Waals surface area contributed by atoms with E-state index in [1.807, 2.05) is 11.8 Å². The maximum Gasteiger partial charge on any atom is 0.364 e. The monoisotopic (exact) mass is 1540 g/mol. The van der Waals surface area contributed by atoms with Crippen molar-refractivity contribution in [3.05, 3.63) is 12.2 Å². The van der Waals surface area contributed by atoms with Gasteiger partial charge < -0.3 is 152 Å². The number of aliphatic hydroxyl groups is 14. The lowest BCUT2D eigenvalue weighted by molar-refractivity contribution is -0.388. The quantitative estimate of drug-likeness (QED) is 0.0155. The van der Waals surface area contributed by atoms with E-state index >= 15 is 0 Å². The van der Waals surface area contributed by atoms with E-state index in [1.54, 1.807) is 6.08 Å². The van der Waals surface area contributed by atoms with Gasteiger partial charge in [0.15, 0.2) is 12.6 Å². The van der Waals surface area contributed by atoms with Crippen LogP contribution in [0.3, 0.4) is 0 Å². The second-order valence-electron chi connectivity index (χ2n) is 28.2. The number of thioether (sulfide) groups is 1. The highest BCUT2D eigenvalue weighted by molar-refractivity contribution is 8.00. The molecule has 0 bridgehead atoms. The molecule has 6 saturated heterocycles. The molecule has 27 atom stereocenters. The second-order valence-corrected chi connectivity index (χ2v) is 29.5. The zero-order valence-corrected chi connectivity index (χ0v) is 61.1. The summed E-state index contributed by atoms with van der Waals surface area (Å²) in [5.74, 6) is -12.5. The molecule has 0 aromatic carbocycles. The lowest BCUT2D eigenvalue weighted by Crippen LogP contribution is -2.72. The lowest BCUT2D eigenvalue weighted by atomic mass is 9.87. The van der Waals surface area contributed by atoms with Crippen molar-refractivity contribution >= 4 is 53.4 Å². The van der Waals surface area contributed by atoms with E-state index < -0.39 is 222 Å². The number of aliphatic carboxylic acids is 2. The molecule has 0 aromatic rings. The zero-order chi connectivity index (χ0) is 78.0. The van der Waals surface area contributed by atoms with Gasteiger partial charge >= 0.3 is 18.0 Å². The van der Waals surface area contributed by atoms with Gasteiger partial charge in [-0.05, 0) is 38.5 Å². The molecular weight excluding hydrogens is 1430 g/mol. The molecule has 6 amide bonds. The van der Waals surface area contributed by atoms with Crippen LogP contribution < -0.4 is 31.9 Å². The first-order valence-electron chi connectivity index (χ1n) is 36.9. The van der Waals surface area contributed by atoms with Crippen LogP contribution in [0.4, 0.5) is 4.79 Å². The zero-order valence-electron chi connectivity index (χ0n) is 60.3. The highest BCUT2D eigenvalue weighted by Crippen LogP contribution is 2.41. The minimum absolute atomic E-state index is 0.00889. The normalized spacial score (nSPS) is 34.2. The summed E-state index contributed by atoms with van der Waals surface area (Å²) in [4.78, 5) is 89.3. The van der Waals surface area contributed by atoms with Crippen molar-refractivity contribution in [2.75, 3.05) is 45.3 Å². The summed E-state index contributed by atoms with van der Waals surface area (Å²) in [7, 11) is 0. The topological polar surface area (TPSA) is 589 Å². The van der Waals surface area contributed by atoms with E-state index in [9.17, 15) is 115 Å². The van der Waals surface area contributed by atoms with E-state index in [-0.39, 0.29) is 30.4 Å². The molecule has 6 heterocycles. The van der Waals surface area contributed by atoms with Crippen molar-refractivity contribution in [1.82, 2.24) is 31.9 Å². The summed E-state index contributed by atoms with van der Waals surface area (Å²) in [5, 5.41) is 194. The summed E-state index contributed by atoms with van der Waals surface area (Å²) in [6.07, 6.45) is -22.4. The molecule has 22 N–H and O–H groups in total. The van der Waals surface area contributed by atoms with Crippen molar-refractivity contribution < 1.29 is 153 Å². The Bertz CT molecular complexity index is 2760. The molecule has 610 valence electrons. The molecule has 6 aliphatic rings. The minimum atomic E-state index is -3.41. The highest BCUT2D eigenvalue weighted by Gasteiger charge is 2.63. The number of allylic oxidation sites excluding steroid dienone is 1. The number of carbonyl (C=O) groups is 7. The average molecular weight is 1550 g/mol. The third-order valence-electron chi connectivity index (χ3n) is 19.9. The third-order valence-corrected chi connectivity index (χ3v) is 21.5. The Kier molecular flexibility index (Phi) is 37.8. The van der Waals surface area contributed by atoms with Gasteiger partial charge in [0, 0.05) is 57.1 Å². The maximum absolute atomic E-state index is 13.6. The van der Waals surface area contributed by atoms with Crippen LogP contribution in [0.25, 0.3) is 0 Å². The molecule has 0 saturated carbocycles. The number of urea groups is 1. The smallest absolute Gasteiger partial charge is 0.364 e. The number of amides is 6. The number of unbranched alkanes of at least 4 members (excludes halogenated alkanes) is 14. The summed E-state index contributed by atoms with van der Waals surface area (Å²) < 4.78 is 46.3. The van der Waals surface area contributed by atoms with Gasteiger partial charge in [0.05, 0.1) is 81.6 Å². The lowest BCUT2D eigenvalue weighted by Gasteiger charge is -2.51. The molecular formula is C68H116N6O31S. The number of fused-ring (bicyclic) bond motifs is 1. The molecule has 38 heteroatoms. The third kappa shape index (κ3) is 25.4. The summed E-state index contributed by atoms with van der Waals surface area (Å²) in [6, 6.07) is -4.76. The Morgan fingerprint density at radius 2 is 1.21 bits per heavy atom. The largest absolute Gasteiger partial charge is 0.477 e. The van der Waals surface area contributed by atoms with E-state index in [0.717, 1.165) is 64.5 Å². The Balaban J connectivity index is 1.11. The molecule has 6 fully saturated rings. The number of ether oxygens (including phenoxy) is 8.